The molecule has 25 heavy (non-hydrogen) atoms. The van der Waals surface area contributed by atoms with Gasteiger partial charge in [-0.05, 0) is 23.8 Å². The highest BCUT2D eigenvalue weighted by molar-refractivity contribution is 6.32. The molecule has 0 bridgehead atoms. The van der Waals surface area contributed by atoms with E-state index in [4.69, 9.17) is 16.9 Å². The molecule has 2 aromatic carbocycles. The normalized spacial score (nSPS) is 15.7. The van der Waals surface area contributed by atoms with E-state index in [-0.39, 0.29) is 0 Å². The standard InChI is InChI=1S/C20H23ClN4/c21-20-14-19(7-6-18(20)15-22)23-8-9-24-10-12-25(13-11-24)16-17-4-2-1-3-5-17/h1-7,14,23H,8-13,16H2. The van der Waals surface area contributed by atoms with Crippen molar-refractivity contribution in [2.24, 2.45) is 0 Å². The highest BCUT2D eigenvalue weighted by atomic mass is 35.5. The Labute approximate surface area is 154 Å². The molecular formula is C20H23ClN4. The second-order valence-electron chi connectivity index (χ2n) is 6.34. The number of benzene rings is 2. The van der Waals surface area contributed by atoms with Crippen LogP contribution in [0.1, 0.15) is 11.1 Å². The highest BCUT2D eigenvalue weighted by Gasteiger charge is 2.16. The molecule has 1 N–H and O–H groups in total. The zero-order chi connectivity index (χ0) is 17.5. The third-order valence-corrected chi connectivity index (χ3v) is 4.87. The molecule has 0 unspecified atom stereocenters. The van der Waals surface area contributed by atoms with Crippen molar-refractivity contribution in [2.75, 3.05) is 44.6 Å². The summed E-state index contributed by atoms with van der Waals surface area (Å²) in [6.45, 7) is 7.34. The van der Waals surface area contributed by atoms with E-state index < -0.39 is 0 Å². The second-order valence-corrected chi connectivity index (χ2v) is 6.74. The van der Waals surface area contributed by atoms with Crippen LogP contribution in [0, 0.1) is 11.3 Å². The molecule has 5 heteroatoms. The summed E-state index contributed by atoms with van der Waals surface area (Å²) in [7, 11) is 0. The monoisotopic (exact) mass is 354 g/mol. The highest BCUT2D eigenvalue weighted by Crippen LogP contribution is 2.20. The lowest BCUT2D eigenvalue weighted by atomic mass is 10.2. The third-order valence-electron chi connectivity index (χ3n) is 4.56. The van der Waals surface area contributed by atoms with Crippen LogP contribution in [0.4, 0.5) is 5.69 Å². The summed E-state index contributed by atoms with van der Waals surface area (Å²) in [5.41, 5.74) is 2.86. The molecule has 0 amide bonds. The van der Waals surface area contributed by atoms with Crippen molar-refractivity contribution >= 4 is 17.3 Å². The van der Waals surface area contributed by atoms with E-state index in [1.165, 1.54) is 5.56 Å². The molecule has 0 radical (unpaired) electrons. The Morgan fingerprint density at radius 1 is 1.00 bits per heavy atom. The number of rotatable bonds is 6. The zero-order valence-corrected chi connectivity index (χ0v) is 15.0. The average molecular weight is 355 g/mol. The number of nitrogens with one attached hydrogen (secondary N) is 1. The van der Waals surface area contributed by atoms with Crippen molar-refractivity contribution in [1.29, 1.82) is 5.26 Å². The van der Waals surface area contributed by atoms with Crippen LogP contribution >= 0.6 is 11.6 Å². The van der Waals surface area contributed by atoms with E-state index >= 15 is 0 Å². The minimum atomic E-state index is 0.502. The van der Waals surface area contributed by atoms with Gasteiger partial charge in [-0.1, -0.05) is 41.9 Å². The van der Waals surface area contributed by atoms with Crippen molar-refractivity contribution in [3.8, 4) is 6.07 Å². The first-order valence-corrected chi connectivity index (χ1v) is 9.04. The van der Waals surface area contributed by atoms with Crippen LogP contribution in [0.3, 0.4) is 0 Å². The van der Waals surface area contributed by atoms with E-state index in [9.17, 15) is 0 Å². The van der Waals surface area contributed by atoms with E-state index in [0.717, 1.165) is 51.5 Å². The summed E-state index contributed by atoms with van der Waals surface area (Å²) in [5.74, 6) is 0. The minimum Gasteiger partial charge on any atom is -0.384 e. The van der Waals surface area contributed by atoms with Crippen molar-refractivity contribution < 1.29 is 0 Å². The molecule has 0 aromatic heterocycles. The summed E-state index contributed by atoms with van der Waals surface area (Å²) >= 11 is 6.06. The van der Waals surface area contributed by atoms with Crippen molar-refractivity contribution in [3.05, 3.63) is 64.7 Å². The maximum Gasteiger partial charge on any atom is 0.101 e. The smallest absolute Gasteiger partial charge is 0.101 e. The molecule has 1 heterocycles. The van der Waals surface area contributed by atoms with Crippen LogP contribution in [0.5, 0.6) is 0 Å². The van der Waals surface area contributed by atoms with Crippen LogP contribution in [-0.2, 0) is 6.54 Å². The van der Waals surface area contributed by atoms with Crippen molar-refractivity contribution in [3.63, 3.8) is 0 Å². The first-order valence-electron chi connectivity index (χ1n) is 8.67. The fraction of sp³-hybridized carbons (Fsp3) is 0.350. The third kappa shape index (κ3) is 5.20. The van der Waals surface area contributed by atoms with Crippen LogP contribution in [-0.4, -0.2) is 49.1 Å². The quantitative estimate of drug-likeness (QED) is 0.862. The number of nitrogens with zero attached hydrogens (tertiary/aromatic N) is 3. The number of nitriles is 1. The Bertz CT molecular complexity index is 718. The van der Waals surface area contributed by atoms with Gasteiger partial charge in [0.15, 0.2) is 0 Å². The Hall–Kier alpha value is -2.06. The molecule has 1 aliphatic heterocycles. The molecular weight excluding hydrogens is 332 g/mol. The molecule has 1 fully saturated rings. The Morgan fingerprint density at radius 3 is 2.40 bits per heavy atom. The molecule has 0 spiro atoms. The van der Waals surface area contributed by atoms with Crippen LogP contribution < -0.4 is 5.32 Å². The maximum absolute atomic E-state index is 8.90. The first kappa shape index (κ1) is 17.8. The maximum atomic E-state index is 8.90. The van der Waals surface area contributed by atoms with Gasteiger partial charge in [0.2, 0.25) is 0 Å². The second kappa shape index (κ2) is 8.87. The molecule has 0 aliphatic carbocycles. The largest absolute Gasteiger partial charge is 0.384 e. The Balaban J connectivity index is 1.38. The molecule has 3 rings (SSSR count). The van der Waals surface area contributed by atoms with E-state index in [2.05, 4.69) is 51.5 Å². The minimum absolute atomic E-state index is 0.502. The summed E-state index contributed by atoms with van der Waals surface area (Å²) in [4.78, 5) is 5.00. The number of anilines is 1. The van der Waals surface area contributed by atoms with Gasteiger partial charge in [-0.3, -0.25) is 9.80 Å². The van der Waals surface area contributed by atoms with Crippen molar-refractivity contribution in [1.82, 2.24) is 9.80 Å². The molecule has 0 atom stereocenters. The van der Waals surface area contributed by atoms with Crippen LogP contribution in [0.25, 0.3) is 0 Å². The summed E-state index contributed by atoms with van der Waals surface area (Å²) < 4.78 is 0. The van der Waals surface area contributed by atoms with Gasteiger partial charge < -0.3 is 5.32 Å². The van der Waals surface area contributed by atoms with Gasteiger partial charge in [0, 0.05) is 51.5 Å². The number of hydrogen-bond acceptors (Lipinski definition) is 4. The topological polar surface area (TPSA) is 42.3 Å². The van der Waals surface area contributed by atoms with Crippen LogP contribution in [0.2, 0.25) is 5.02 Å². The molecule has 1 aliphatic rings. The van der Waals surface area contributed by atoms with E-state index in [1.54, 1.807) is 6.07 Å². The fourth-order valence-corrected chi connectivity index (χ4v) is 3.31. The first-order chi connectivity index (χ1) is 12.2. The average Bonchev–Trinajstić information content (AvgIpc) is 2.64. The van der Waals surface area contributed by atoms with Gasteiger partial charge in [-0.25, -0.2) is 0 Å². The van der Waals surface area contributed by atoms with Gasteiger partial charge >= 0.3 is 0 Å². The lowest BCUT2D eigenvalue weighted by Gasteiger charge is -2.34. The van der Waals surface area contributed by atoms with Gasteiger partial charge in [0.05, 0.1) is 10.6 Å². The molecule has 0 saturated carbocycles. The molecule has 130 valence electrons. The molecule has 1 saturated heterocycles. The number of halogens is 1. The van der Waals surface area contributed by atoms with Gasteiger partial charge in [-0.15, -0.1) is 0 Å². The van der Waals surface area contributed by atoms with Gasteiger partial charge in [-0.2, -0.15) is 5.26 Å². The zero-order valence-electron chi connectivity index (χ0n) is 14.3. The number of hydrogen-bond donors (Lipinski definition) is 1. The van der Waals surface area contributed by atoms with Gasteiger partial charge in [0.25, 0.3) is 0 Å². The lowest BCUT2D eigenvalue weighted by Crippen LogP contribution is -2.47. The fourth-order valence-electron chi connectivity index (χ4n) is 3.09. The van der Waals surface area contributed by atoms with Crippen molar-refractivity contribution in [2.45, 2.75) is 6.54 Å². The lowest BCUT2D eigenvalue weighted by molar-refractivity contribution is 0.130. The predicted octanol–water partition coefficient (Wildman–Crippen LogP) is 3.44. The summed E-state index contributed by atoms with van der Waals surface area (Å²) in [5, 5.41) is 12.8. The van der Waals surface area contributed by atoms with E-state index in [0.29, 0.717) is 10.6 Å². The SMILES string of the molecule is N#Cc1ccc(NCCN2CCN(Cc3ccccc3)CC2)cc1Cl. The summed E-state index contributed by atoms with van der Waals surface area (Å²) in [6.07, 6.45) is 0. The van der Waals surface area contributed by atoms with E-state index in [1.807, 2.05) is 12.1 Å². The van der Waals surface area contributed by atoms with Gasteiger partial charge in [0.1, 0.15) is 6.07 Å². The molecule has 4 nitrogen and oxygen atoms in total. The Kier molecular flexibility index (Phi) is 6.30. The van der Waals surface area contributed by atoms with Crippen LogP contribution in [0.15, 0.2) is 48.5 Å². The predicted molar refractivity (Wildman–Crippen MR) is 103 cm³/mol. The Morgan fingerprint density at radius 2 is 1.72 bits per heavy atom. The summed E-state index contributed by atoms with van der Waals surface area (Å²) in [6, 6.07) is 18.2. The molecule has 2 aromatic rings. The number of piperazine rings is 1.